The Morgan fingerprint density at radius 3 is 2.40 bits per heavy atom. The van der Waals surface area contributed by atoms with Crippen molar-refractivity contribution in [1.29, 1.82) is 0 Å². The molecule has 20 heavy (non-hydrogen) atoms. The Hall–Kier alpha value is -1.96. The molecule has 0 bridgehead atoms. The Morgan fingerprint density at radius 1 is 1.25 bits per heavy atom. The van der Waals surface area contributed by atoms with E-state index < -0.39 is 22.4 Å². The van der Waals surface area contributed by atoms with Crippen molar-refractivity contribution in [2.75, 3.05) is 10.5 Å². The normalized spacial score (nSPS) is 11.2. The van der Waals surface area contributed by atoms with Crippen LogP contribution in [0.5, 0.6) is 0 Å². The van der Waals surface area contributed by atoms with Crippen LogP contribution in [0.1, 0.15) is 25.0 Å². The van der Waals surface area contributed by atoms with Gasteiger partial charge in [0.2, 0.25) is 0 Å². The number of aryl methyl sites for hydroxylation is 2. The molecule has 8 heteroatoms. The van der Waals surface area contributed by atoms with Gasteiger partial charge in [-0.3, -0.25) is 4.72 Å². The number of rotatable bonds is 4. The molecule has 0 aliphatic heterocycles. The average Bonchev–Trinajstić information content (AvgIpc) is 2.23. The van der Waals surface area contributed by atoms with Crippen molar-refractivity contribution in [1.82, 2.24) is 4.72 Å². The molecule has 1 rings (SSSR count). The number of hydrogen-bond donors (Lipinski definition) is 3. The maximum atomic E-state index is 11.8. The average molecular weight is 301 g/mol. The molecule has 0 atom stereocenters. The molecule has 0 spiro atoms. The molecule has 0 aliphatic carbocycles. The summed E-state index contributed by atoms with van der Waals surface area (Å²) in [6.45, 7) is 6.70. The van der Waals surface area contributed by atoms with Crippen molar-refractivity contribution in [2.24, 2.45) is 0 Å². The number of amides is 1. The summed E-state index contributed by atoms with van der Waals surface area (Å²) in [7, 11) is -4.05. The van der Waals surface area contributed by atoms with E-state index in [-0.39, 0.29) is 0 Å². The quantitative estimate of drug-likeness (QED) is 0.733. The number of ether oxygens (including phenoxy) is 1. The summed E-state index contributed by atoms with van der Waals surface area (Å²) in [5.74, 6) is 0. The molecule has 1 amide bonds. The number of hydrogen-bond acceptors (Lipinski definition) is 5. The predicted octanol–water partition coefficient (Wildman–Crippen LogP) is 1.68. The maximum Gasteiger partial charge on any atom is 0.422 e. The lowest BCUT2D eigenvalue weighted by atomic mass is 10.1. The highest BCUT2D eigenvalue weighted by Gasteiger charge is 2.17. The lowest BCUT2D eigenvalue weighted by Gasteiger charge is -2.14. The molecule has 0 radical (unpaired) electrons. The smallest absolute Gasteiger partial charge is 0.422 e. The van der Waals surface area contributed by atoms with E-state index in [1.165, 1.54) is 0 Å². The van der Waals surface area contributed by atoms with Gasteiger partial charge >= 0.3 is 16.3 Å². The monoisotopic (exact) mass is 301 g/mol. The number of nitrogens with two attached hydrogens (primary N) is 1. The van der Waals surface area contributed by atoms with Crippen LogP contribution in [0, 0.1) is 13.8 Å². The number of anilines is 2. The van der Waals surface area contributed by atoms with Gasteiger partial charge in [-0.2, -0.15) is 8.42 Å². The van der Waals surface area contributed by atoms with Crippen LogP contribution < -0.4 is 15.2 Å². The minimum atomic E-state index is -4.05. The second-order valence-corrected chi connectivity index (χ2v) is 6.10. The summed E-state index contributed by atoms with van der Waals surface area (Å²) in [6.07, 6.45) is -1.44. The van der Waals surface area contributed by atoms with Crippen LogP contribution in [0.3, 0.4) is 0 Å². The Labute approximate surface area is 118 Å². The zero-order chi connectivity index (χ0) is 15.5. The summed E-state index contributed by atoms with van der Waals surface area (Å²) >= 11 is 0. The van der Waals surface area contributed by atoms with Crippen LogP contribution in [-0.2, 0) is 14.9 Å². The summed E-state index contributed by atoms with van der Waals surface area (Å²) in [4.78, 5) is 11.3. The van der Waals surface area contributed by atoms with Crippen LogP contribution >= 0.6 is 0 Å². The molecule has 0 fully saturated rings. The molecule has 0 aliphatic rings. The molecule has 7 nitrogen and oxygen atoms in total. The summed E-state index contributed by atoms with van der Waals surface area (Å²) in [5.41, 5.74) is 8.02. The molecule has 1 aromatic carbocycles. The van der Waals surface area contributed by atoms with Crippen LogP contribution in [0.4, 0.5) is 16.2 Å². The zero-order valence-corrected chi connectivity index (χ0v) is 12.7. The molecule has 0 aromatic heterocycles. The van der Waals surface area contributed by atoms with Gasteiger partial charge in [0, 0.05) is 5.69 Å². The van der Waals surface area contributed by atoms with Gasteiger partial charge in [-0.25, -0.2) is 9.52 Å². The Kier molecular flexibility index (Phi) is 4.83. The molecule has 0 saturated carbocycles. The topological polar surface area (TPSA) is 111 Å². The number of carbonyl (C=O) groups is 1. The first-order chi connectivity index (χ1) is 9.10. The minimum absolute atomic E-state index is 0.349. The van der Waals surface area contributed by atoms with Crippen molar-refractivity contribution in [2.45, 2.75) is 33.8 Å². The lowest BCUT2D eigenvalue weighted by Crippen LogP contribution is -2.37. The van der Waals surface area contributed by atoms with E-state index in [9.17, 15) is 13.2 Å². The zero-order valence-electron chi connectivity index (χ0n) is 11.9. The van der Waals surface area contributed by atoms with Gasteiger partial charge in [0.15, 0.2) is 0 Å². The third-order valence-corrected chi connectivity index (χ3v) is 3.34. The minimum Gasteiger partial charge on any atom is -0.446 e. The standard InChI is InChI=1S/C12H19N3O4S/c1-7(2)19-12(16)15-20(17,18)14-11-6-8(3)10(13)5-9(11)4/h5-7,14H,13H2,1-4H3,(H,15,16). The Morgan fingerprint density at radius 2 is 1.85 bits per heavy atom. The van der Waals surface area contributed by atoms with Gasteiger partial charge in [0.25, 0.3) is 0 Å². The third kappa shape index (κ3) is 4.61. The molecule has 1 aromatic rings. The van der Waals surface area contributed by atoms with Crippen molar-refractivity contribution in [3.63, 3.8) is 0 Å². The molecular formula is C12H19N3O4S. The molecular weight excluding hydrogens is 282 g/mol. The number of carbonyl (C=O) groups excluding carboxylic acids is 1. The van der Waals surface area contributed by atoms with Gasteiger partial charge in [0.05, 0.1) is 11.8 Å². The molecule has 0 unspecified atom stereocenters. The van der Waals surface area contributed by atoms with Gasteiger partial charge in [-0.15, -0.1) is 0 Å². The second kappa shape index (κ2) is 6.00. The fraction of sp³-hybridized carbons (Fsp3) is 0.417. The summed E-state index contributed by atoms with van der Waals surface area (Å²) in [6, 6.07) is 3.25. The molecule has 0 heterocycles. The summed E-state index contributed by atoms with van der Waals surface area (Å²) < 4.78 is 32.3. The van der Waals surface area contributed by atoms with Crippen molar-refractivity contribution >= 4 is 27.7 Å². The SMILES string of the molecule is Cc1cc(NS(=O)(=O)NC(=O)OC(C)C)c(C)cc1N. The van der Waals surface area contributed by atoms with E-state index in [4.69, 9.17) is 10.5 Å². The first kappa shape index (κ1) is 16.1. The van der Waals surface area contributed by atoms with Gasteiger partial charge in [-0.1, -0.05) is 0 Å². The fourth-order valence-corrected chi connectivity index (χ4v) is 2.29. The van der Waals surface area contributed by atoms with E-state index in [0.717, 1.165) is 5.56 Å². The highest BCUT2D eigenvalue weighted by Crippen LogP contribution is 2.22. The molecule has 112 valence electrons. The van der Waals surface area contributed by atoms with E-state index in [1.807, 2.05) is 0 Å². The molecule has 4 N–H and O–H groups in total. The maximum absolute atomic E-state index is 11.8. The van der Waals surface area contributed by atoms with E-state index >= 15 is 0 Å². The number of benzene rings is 1. The first-order valence-electron chi connectivity index (χ1n) is 5.98. The highest BCUT2D eigenvalue weighted by atomic mass is 32.2. The highest BCUT2D eigenvalue weighted by molar-refractivity contribution is 7.91. The van der Waals surface area contributed by atoms with Gasteiger partial charge in [0.1, 0.15) is 0 Å². The van der Waals surface area contributed by atoms with Crippen LogP contribution in [0.15, 0.2) is 12.1 Å². The van der Waals surface area contributed by atoms with Crippen molar-refractivity contribution in [3.8, 4) is 0 Å². The largest absolute Gasteiger partial charge is 0.446 e. The summed E-state index contributed by atoms with van der Waals surface area (Å²) in [5, 5.41) is 0. The van der Waals surface area contributed by atoms with Crippen LogP contribution in [-0.4, -0.2) is 20.6 Å². The van der Waals surface area contributed by atoms with Crippen LogP contribution in [0.2, 0.25) is 0 Å². The number of nitrogens with one attached hydrogen (secondary N) is 2. The lowest BCUT2D eigenvalue weighted by molar-refractivity contribution is 0.121. The third-order valence-electron chi connectivity index (χ3n) is 2.42. The number of nitrogen functional groups attached to an aromatic ring is 1. The Balaban J connectivity index is 2.87. The van der Waals surface area contributed by atoms with E-state index in [2.05, 4.69) is 4.72 Å². The first-order valence-corrected chi connectivity index (χ1v) is 7.47. The van der Waals surface area contributed by atoms with Crippen LogP contribution in [0.25, 0.3) is 0 Å². The fourth-order valence-electron chi connectivity index (χ4n) is 1.47. The van der Waals surface area contributed by atoms with Gasteiger partial charge in [-0.05, 0) is 51.0 Å². The molecule has 0 saturated heterocycles. The second-order valence-electron chi connectivity index (χ2n) is 4.69. The van der Waals surface area contributed by atoms with Gasteiger partial charge < -0.3 is 10.5 Å². The van der Waals surface area contributed by atoms with Crippen molar-refractivity contribution < 1.29 is 17.9 Å². The van der Waals surface area contributed by atoms with E-state index in [0.29, 0.717) is 16.9 Å². The van der Waals surface area contributed by atoms with Crippen molar-refractivity contribution in [3.05, 3.63) is 23.3 Å². The predicted molar refractivity (Wildman–Crippen MR) is 77.6 cm³/mol. The van der Waals surface area contributed by atoms with E-state index in [1.54, 1.807) is 44.5 Å². The Bertz CT molecular complexity index is 611.